The van der Waals surface area contributed by atoms with Crippen LogP contribution in [-0.4, -0.2) is 11.2 Å². The Morgan fingerprint density at radius 2 is 2.08 bits per heavy atom. The lowest BCUT2D eigenvalue weighted by atomic mass is 10.2. The van der Waals surface area contributed by atoms with Crippen LogP contribution in [0.1, 0.15) is 0 Å². The van der Waals surface area contributed by atoms with Gasteiger partial charge in [-0.05, 0) is 30.5 Å². The summed E-state index contributed by atoms with van der Waals surface area (Å²) in [5, 5.41) is 2.13. The van der Waals surface area contributed by atoms with Gasteiger partial charge in [-0.25, -0.2) is 4.98 Å². The van der Waals surface area contributed by atoms with E-state index in [0.29, 0.717) is 0 Å². The van der Waals surface area contributed by atoms with Crippen molar-refractivity contribution in [2.75, 3.05) is 12.0 Å². The first-order chi connectivity index (χ1) is 6.29. The van der Waals surface area contributed by atoms with Gasteiger partial charge >= 0.3 is 0 Å². The molecule has 0 radical (unpaired) electrons. The lowest BCUT2D eigenvalue weighted by Gasteiger charge is -2.00. The molecule has 2 nitrogen and oxygen atoms in total. The largest absolute Gasteiger partial charge is 0.399 e. The smallest absolute Gasteiger partial charge is 0.0964 e. The summed E-state index contributed by atoms with van der Waals surface area (Å²) in [4.78, 5) is 4.44. The lowest BCUT2D eigenvalue weighted by molar-refractivity contribution is 1.19. The van der Waals surface area contributed by atoms with E-state index in [-0.39, 0.29) is 0 Å². The highest BCUT2D eigenvalue weighted by Crippen LogP contribution is 2.19. The molecule has 2 rings (SSSR count). The molecule has 0 aliphatic heterocycles. The van der Waals surface area contributed by atoms with Crippen LogP contribution in [-0.2, 0) is 0 Å². The molecule has 0 saturated carbocycles. The molecule has 0 spiro atoms. The van der Waals surface area contributed by atoms with E-state index < -0.39 is 0 Å². The predicted octanol–water partition coefficient (Wildman–Crippen LogP) is 2.54. The Labute approximate surface area is 81.2 Å². The molecule has 1 heterocycles. The first kappa shape index (κ1) is 8.38. The number of fused-ring (bicyclic) bond motifs is 1. The fourth-order valence-electron chi connectivity index (χ4n) is 1.24. The van der Waals surface area contributed by atoms with E-state index in [1.54, 1.807) is 11.8 Å². The molecule has 0 saturated heterocycles. The number of nitrogens with two attached hydrogens (primary N) is 1. The molecule has 0 amide bonds. The van der Waals surface area contributed by atoms with Gasteiger partial charge in [-0.15, -0.1) is 11.8 Å². The van der Waals surface area contributed by atoms with Crippen molar-refractivity contribution in [3.8, 4) is 0 Å². The summed E-state index contributed by atoms with van der Waals surface area (Å²) in [6, 6.07) is 9.81. The zero-order chi connectivity index (χ0) is 9.26. The number of hydrogen-bond donors (Lipinski definition) is 1. The third-order valence-electron chi connectivity index (χ3n) is 1.90. The number of anilines is 1. The predicted molar refractivity (Wildman–Crippen MR) is 57.9 cm³/mol. The van der Waals surface area contributed by atoms with Crippen molar-refractivity contribution in [1.82, 2.24) is 4.98 Å². The Balaban J connectivity index is 2.66. The van der Waals surface area contributed by atoms with E-state index in [9.17, 15) is 0 Å². The summed E-state index contributed by atoms with van der Waals surface area (Å²) < 4.78 is 0. The van der Waals surface area contributed by atoms with Gasteiger partial charge in [0.15, 0.2) is 0 Å². The van der Waals surface area contributed by atoms with Gasteiger partial charge in [0.2, 0.25) is 0 Å². The Bertz CT molecular complexity index is 440. The fourth-order valence-corrected chi connectivity index (χ4v) is 1.63. The van der Waals surface area contributed by atoms with Crippen molar-refractivity contribution in [1.29, 1.82) is 0 Å². The fraction of sp³-hybridized carbons (Fsp3) is 0.100. The Hall–Kier alpha value is -1.22. The van der Waals surface area contributed by atoms with Gasteiger partial charge in [0.05, 0.1) is 10.5 Å². The normalized spacial score (nSPS) is 10.5. The van der Waals surface area contributed by atoms with E-state index in [4.69, 9.17) is 5.73 Å². The third kappa shape index (κ3) is 1.60. The number of thioether (sulfide) groups is 1. The van der Waals surface area contributed by atoms with Gasteiger partial charge in [-0.2, -0.15) is 0 Å². The average Bonchev–Trinajstić information content (AvgIpc) is 2.17. The second-order valence-electron chi connectivity index (χ2n) is 2.81. The number of aromatic nitrogens is 1. The quantitative estimate of drug-likeness (QED) is 0.554. The van der Waals surface area contributed by atoms with Crippen LogP contribution in [0.4, 0.5) is 5.69 Å². The maximum absolute atomic E-state index is 5.66. The van der Waals surface area contributed by atoms with Crippen LogP contribution in [0.3, 0.4) is 0 Å². The highest BCUT2D eigenvalue weighted by molar-refractivity contribution is 7.98. The van der Waals surface area contributed by atoms with Crippen molar-refractivity contribution in [3.05, 3.63) is 30.3 Å². The molecule has 0 atom stereocenters. The average molecular weight is 190 g/mol. The van der Waals surface area contributed by atoms with Crippen LogP contribution < -0.4 is 5.73 Å². The minimum absolute atomic E-state index is 0.784. The SMILES string of the molecule is CSc1ccc2cc(N)ccc2n1. The Morgan fingerprint density at radius 1 is 1.23 bits per heavy atom. The molecule has 3 heteroatoms. The topological polar surface area (TPSA) is 38.9 Å². The van der Waals surface area contributed by atoms with Crippen LogP contribution in [0, 0.1) is 0 Å². The first-order valence-electron chi connectivity index (χ1n) is 4.00. The number of pyridine rings is 1. The molecule has 0 unspecified atom stereocenters. The minimum atomic E-state index is 0.784. The summed E-state index contributed by atoms with van der Waals surface area (Å²) in [5.41, 5.74) is 7.45. The molecule has 1 aromatic heterocycles. The van der Waals surface area contributed by atoms with Crippen LogP contribution in [0.15, 0.2) is 35.4 Å². The number of benzene rings is 1. The lowest BCUT2D eigenvalue weighted by Crippen LogP contribution is -1.86. The minimum Gasteiger partial charge on any atom is -0.399 e. The first-order valence-corrected chi connectivity index (χ1v) is 5.22. The highest BCUT2D eigenvalue weighted by Gasteiger charge is 1.96. The van der Waals surface area contributed by atoms with E-state index >= 15 is 0 Å². The zero-order valence-electron chi connectivity index (χ0n) is 7.32. The number of nitrogen functional groups attached to an aromatic ring is 1. The molecule has 13 heavy (non-hydrogen) atoms. The molecule has 0 aliphatic carbocycles. The summed E-state index contributed by atoms with van der Waals surface area (Å²) in [5.74, 6) is 0. The Morgan fingerprint density at radius 3 is 2.85 bits per heavy atom. The molecule has 0 aliphatic rings. The standard InChI is InChI=1S/C10H10N2S/c1-13-10-5-2-7-6-8(11)3-4-9(7)12-10/h2-6H,11H2,1H3. The van der Waals surface area contributed by atoms with Crippen LogP contribution in [0.2, 0.25) is 0 Å². The zero-order valence-corrected chi connectivity index (χ0v) is 8.14. The van der Waals surface area contributed by atoms with E-state index in [0.717, 1.165) is 21.6 Å². The highest BCUT2D eigenvalue weighted by atomic mass is 32.2. The van der Waals surface area contributed by atoms with Crippen molar-refractivity contribution in [2.24, 2.45) is 0 Å². The molecule has 66 valence electrons. The third-order valence-corrected chi connectivity index (χ3v) is 2.54. The van der Waals surface area contributed by atoms with Gasteiger partial charge in [-0.1, -0.05) is 6.07 Å². The van der Waals surface area contributed by atoms with Gasteiger partial charge in [0, 0.05) is 11.1 Å². The molecule has 2 aromatic rings. The van der Waals surface area contributed by atoms with Crippen molar-refractivity contribution in [3.63, 3.8) is 0 Å². The maximum Gasteiger partial charge on any atom is 0.0964 e. The van der Waals surface area contributed by atoms with Gasteiger partial charge in [0.25, 0.3) is 0 Å². The summed E-state index contributed by atoms with van der Waals surface area (Å²) in [7, 11) is 0. The molecule has 2 N–H and O–H groups in total. The molecular formula is C10H10N2S. The molecule has 0 bridgehead atoms. The van der Waals surface area contributed by atoms with Crippen molar-refractivity contribution in [2.45, 2.75) is 5.03 Å². The van der Waals surface area contributed by atoms with Crippen molar-refractivity contribution >= 4 is 28.4 Å². The van der Waals surface area contributed by atoms with Crippen molar-refractivity contribution < 1.29 is 0 Å². The number of rotatable bonds is 1. The van der Waals surface area contributed by atoms with Gasteiger partial charge in [-0.3, -0.25) is 0 Å². The second kappa shape index (κ2) is 3.26. The van der Waals surface area contributed by atoms with E-state index in [2.05, 4.69) is 4.98 Å². The van der Waals surface area contributed by atoms with Gasteiger partial charge in [0.1, 0.15) is 0 Å². The maximum atomic E-state index is 5.66. The summed E-state index contributed by atoms with van der Waals surface area (Å²) >= 11 is 1.65. The summed E-state index contributed by atoms with van der Waals surface area (Å²) in [6.45, 7) is 0. The Kier molecular flexibility index (Phi) is 2.10. The monoisotopic (exact) mass is 190 g/mol. The molecule has 0 fully saturated rings. The molecule has 1 aromatic carbocycles. The van der Waals surface area contributed by atoms with Crippen LogP contribution >= 0.6 is 11.8 Å². The van der Waals surface area contributed by atoms with Crippen LogP contribution in [0.25, 0.3) is 10.9 Å². The number of hydrogen-bond acceptors (Lipinski definition) is 3. The summed E-state index contributed by atoms with van der Waals surface area (Å²) in [6.07, 6.45) is 2.02. The van der Waals surface area contributed by atoms with Crippen LogP contribution in [0.5, 0.6) is 0 Å². The molecular weight excluding hydrogens is 180 g/mol. The second-order valence-corrected chi connectivity index (χ2v) is 3.63. The van der Waals surface area contributed by atoms with E-state index in [1.807, 2.05) is 36.6 Å². The van der Waals surface area contributed by atoms with E-state index in [1.165, 1.54) is 0 Å². The number of nitrogens with zero attached hydrogens (tertiary/aromatic N) is 1. The van der Waals surface area contributed by atoms with Gasteiger partial charge < -0.3 is 5.73 Å².